The van der Waals surface area contributed by atoms with Crippen molar-refractivity contribution < 1.29 is 0 Å². The van der Waals surface area contributed by atoms with Crippen LogP contribution in [0.15, 0.2) is 45.3 Å². The molecule has 0 atom stereocenters. The fourth-order valence-corrected chi connectivity index (χ4v) is 1.36. The van der Waals surface area contributed by atoms with Crippen molar-refractivity contribution in [2.24, 2.45) is 10.3 Å². The molecule has 12 heavy (non-hydrogen) atoms. The molecule has 1 heterocycles. The van der Waals surface area contributed by atoms with Gasteiger partial charge in [-0.15, -0.1) is 10.5 Å². The monoisotopic (exact) mass is 222 g/mol. The van der Waals surface area contributed by atoms with E-state index in [-0.39, 0.29) is 0 Å². The van der Waals surface area contributed by atoms with Gasteiger partial charge in [0, 0.05) is 10.0 Å². The van der Waals surface area contributed by atoms with Gasteiger partial charge in [-0.1, -0.05) is 28.1 Å². The van der Waals surface area contributed by atoms with E-state index in [9.17, 15) is 0 Å². The Morgan fingerprint density at radius 1 is 1.25 bits per heavy atom. The van der Waals surface area contributed by atoms with E-state index in [1.54, 1.807) is 6.20 Å². The lowest BCUT2D eigenvalue weighted by molar-refractivity contribution is 0.906. The molecular weight excluding hydrogens is 218 g/mol. The minimum Gasteiger partial charge on any atom is -0.136 e. The predicted molar refractivity (Wildman–Crippen MR) is 49.1 cm³/mol. The molecule has 0 amide bonds. The van der Waals surface area contributed by atoms with E-state index in [2.05, 4.69) is 31.7 Å². The van der Waals surface area contributed by atoms with Crippen LogP contribution in [0.4, 0.5) is 0 Å². The van der Waals surface area contributed by atoms with Crippen molar-refractivity contribution in [1.29, 1.82) is 0 Å². The SMILES string of the molecule is Brc1cccc(C2=C[N]N=N2)c1. The van der Waals surface area contributed by atoms with Gasteiger partial charge in [-0.3, -0.25) is 0 Å². The first-order chi connectivity index (χ1) is 5.86. The van der Waals surface area contributed by atoms with Crippen molar-refractivity contribution in [1.82, 2.24) is 5.43 Å². The molecule has 0 saturated carbocycles. The van der Waals surface area contributed by atoms with Gasteiger partial charge in [0.25, 0.3) is 0 Å². The van der Waals surface area contributed by atoms with Gasteiger partial charge < -0.3 is 0 Å². The van der Waals surface area contributed by atoms with Crippen LogP contribution in [-0.2, 0) is 0 Å². The summed E-state index contributed by atoms with van der Waals surface area (Å²) in [5.41, 5.74) is 5.48. The lowest BCUT2D eigenvalue weighted by Gasteiger charge is -1.96. The molecule has 1 radical (unpaired) electrons. The first-order valence-corrected chi connectivity index (χ1v) is 4.22. The highest BCUT2D eigenvalue weighted by atomic mass is 79.9. The van der Waals surface area contributed by atoms with Crippen molar-refractivity contribution in [2.45, 2.75) is 0 Å². The second kappa shape index (κ2) is 3.06. The molecule has 1 aliphatic rings. The van der Waals surface area contributed by atoms with E-state index in [0.29, 0.717) is 0 Å². The Bertz CT molecular complexity index is 357. The van der Waals surface area contributed by atoms with Crippen LogP contribution in [0.25, 0.3) is 5.70 Å². The summed E-state index contributed by atoms with van der Waals surface area (Å²) in [5, 5.41) is 7.36. The molecular formula is C8H5BrN3. The van der Waals surface area contributed by atoms with Crippen LogP contribution in [0.2, 0.25) is 0 Å². The zero-order chi connectivity index (χ0) is 8.39. The zero-order valence-electron chi connectivity index (χ0n) is 6.11. The molecule has 1 aromatic carbocycles. The summed E-state index contributed by atoms with van der Waals surface area (Å²) in [7, 11) is 0. The molecule has 1 aromatic rings. The Morgan fingerprint density at radius 3 is 2.83 bits per heavy atom. The van der Waals surface area contributed by atoms with Gasteiger partial charge in [-0.05, 0) is 17.4 Å². The Kier molecular flexibility index (Phi) is 1.91. The lowest BCUT2D eigenvalue weighted by Crippen LogP contribution is -1.79. The third-order valence-electron chi connectivity index (χ3n) is 1.50. The number of hydrogen-bond donors (Lipinski definition) is 0. The number of halogens is 1. The van der Waals surface area contributed by atoms with Crippen LogP contribution in [0.5, 0.6) is 0 Å². The molecule has 0 saturated heterocycles. The van der Waals surface area contributed by atoms with Gasteiger partial charge in [-0.2, -0.15) is 0 Å². The van der Waals surface area contributed by atoms with Gasteiger partial charge in [0.2, 0.25) is 0 Å². The summed E-state index contributed by atoms with van der Waals surface area (Å²) in [5.74, 6) is 0. The second-order valence-corrected chi connectivity index (χ2v) is 3.25. The summed E-state index contributed by atoms with van der Waals surface area (Å²) >= 11 is 3.38. The van der Waals surface area contributed by atoms with Gasteiger partial charge in [0.05, 0.1) is 6.20 Å². The normalized spacial score (nSPS) is 14.2. The van der Waals surface area contributed by atoms with Crippen LogP contribution in [0, 0.1) is 0 Å². The molecule has 0 N–H and O–H groups in total. The first kappa shape index (κ1) is 7.49. The molecule has 0 unspecified atom stereocenters. The summed E-state index contributed by atoms with van der Waals surface area (Å²) in [6, 6.07) is 7.86. The van der Waals surface area contributed by atoms with Gasteiger partial charge in [0.1, 0.15) is 5.70 Å². The average molecular weight is 223 g/mol. The van der Waals surface area contributed by atoms with Crippen LogP contribution in [0.3, 0.4) is 0 Å². The number of hydrogen-bond acceptors (Lipinski definition) is 2. The maximum atomic E-state index is 3.85. The quantitative estimate of drug-likeness (QED) is 0.702. The fourth-order valence-electron chi connectivity index (χ4n) is 0.960. The average Bonchev–Trinajstić information content (AvgIpc) is 2.56. The van der Waals surface area contributed by atoms with Crippen LogP contribution in [-0.4, -0.2) is 0 Å². The molecule has 2 rings (SSSR count). The molecule has 0 spiro atoms. The molecule has 4 heteroatoms. The van der Waals surface area contributed by atoms with Crippen LogP contribution in [0.1, 0.15) is 5.56 Å². The van der Waals surface area contributed by atoms with Crippen molar-refractivity contribution in [3.05, 3.63) is 40.5 Å². The molecule has 0 aliphatic carbocycles. The van der Waals surface area contributed by atoms with E-state index in [0.717, 1.165) is 15.7 Å². The Morgan fingerprint density at radius 2 is 2.17 bits per heavy atom. The Balaban J connectivity index is 2.40. The molecule has 0 fully saturated rings. The predicted octanol–water partition coefficient (Wildman–Crippen LogP) is 2.73. The van der Waals surface area contributed by atoms with Crippen molar-refractivity contribution in [2.75, 3.05) is 0 Å². The van der Waals surface area contributed by atoms with Gasteiger partial charge in [0.15, 0.2) is 0 Å². The van der Waals surface area contributed by atoms with Crippen LogP contribution < -0.4 is 5.43 Å². The first-order valence-electron chi connectivity index (χ1n) is 3.43. The van der Waals surface area contributed by atoms with Gasteiger partial charge in [-0.25, -0.2) is 0 Å². The summed E-state index contributed by atoms with van der Waals surface area (Å²) in [4.78, 5) is 0. The highest BCUT2D eigenvalue weighted by molar-refractivity contribution is 9.10. The molecule has 59 valence electrons. The molecule has 3 nitrogen and oxygen atoms in total. The minimum absolute atomic E-state index is 0.802. The second-order valence-electron chi connectivity index (χ2n) is 2.33. The van der Waals surface area contributed by atoms with Crippen LogP contribution >= 0.6 is 15.9 Å². The number of benzene rings is 1. The van der Waals surface area contributed by atoms with Crippen molar-refractivity contribution >= 4 is 21.6 Å². The standard InChI is InChI=1S/C8H5BrN3/c9-7-3-1-2-6(4-7)8-5-10-12-11-8/h1-5H. The van der Waals surface area contributed by atoms with E-state index in [1.807, 2.05) is 24.3 Å². The topological polar surface area (TPSA) is 38.8 Å². The van der Waals surface area contributed by atoms with Gasteiger partial charge >= 0.3 is 0 Å². The minimum atomic E-state index is 0.802. The van der Waals surface area contributed by atoms with E-state index in [1.165, 1.54) is 0 Å². The maximum Gasteiger partial charge on any atom is 0.115 e. The van der Waals surface area contributed by atoms with E-state index in [4.69, 9.17) is 0 Å². The summed E-state index contributed by atoms with van der Waals surface area (Å²) < 4.78 is 1.03. The summed E-state index contributed by atoms with van der Waals surface area (Å²) in [6.07, 6.45) is 1.64. The highest BCUT2D eigenvalue weighted by Crippen LogP contribution is 2.21. The third-order valence-corrected chi connectivity index (χ3v) is 2.00. The largest absolute Gasteiger partial charge is 0.136 e. The highest BCUT2D eigenvalue weighted by Gasteiger charge is 2.04. The Hall–Kier alpha value is -1.16. The number of nitrogens with zero attached hydrogens (tertiary/aromatic N) is 3. The Labute approximate surface area is 78.3 Å². The lowest BCUT2D eigenvalue weighted by atomic mass is 10.2. The van der Waals surface area contributed by atoms with Crippen molar-refractivity contribution in [3.8, 4) is 0 Å². The molecule has 1 aliphatic heterocycles. The number of rotatable bonds is 1. The molecule has 0 bridgehead atoms. The maximum absolute atomic E-state index is 3.85. The molecule has 0 aromatic heterocycles. The summed E-state index contributed by atoms with van der Waals surface area (Å²) in [6.45, 7) is 0. The third kappa shape index (κ3) is 1.38. The smallest absolute Gasteiger partial charge is 0.115 e. The van der Waals surface area contributed by atoms with E-state index < -0.39 is 0 Å². The van der Waals surface area contributed by atoms with E-state index >= 15 is 0 Å². The van der Waals surface area contributed by atoms with Crippen molar-refractivity contribution in [3.63, 3.8) is 0 Å². The fraction of sp³-hybridized carbons (Fsp3) is 0. The zero-order valence-corrected chi connectivity index (χ0v) is 7.69.